The zero-order valence-electron chi connectivity index (χ0n) is 43.4. The molecular weight excluding hydrogens is 993 g/mol. The van der Waals surface area contributed by atoms with Gasteiger partial charge in [0.25, 0.3) is 0 Å². The van der Waals surface area contributed by atoms with Gasteiger partial charge in [-0.25, -0.2) is 0 Å². The second-order valence-corrected chi connectivity index (χ2v) is 27.3. The van der Waals surface area contributed by atoms with Crippen LogP contribution in [0.1, 0.15) is 196 Å². The van der Waals surface area contributed by atoms with Gasteiger partial charge in [-0.3, -0.25) is 0 Å². The lowest BCUT2D eigenvalue weighted by atomic mass is 9.60. The van der Waals surface area contributed by atoms with Gasteiger partial charge in [0.2, 0.25) is 0 Å². The summed E-state index contributed by atoms with van der Waals surface area (Å²) in [7, 11) is 0. The first-order chi connectivity index (χ1) is 33.6. The van der Waals surface area contributed by atoms with Crippen molar-refractivity contribution in [2.45, 2.75) is 128 Å². The fourth-order valence-corrected chi connectivity index (χ4v) is 14.4. The van der Waals surface area contributed by atoms with Gasteiger partial charge in [0.05, 0.1) is 22.7 Å². The van der Waals surface area contributed by atoms with E-state index in [1.165, 1.54) is 123 Å². The molecule has 15 rings (SSSR count). The molecule has 0 radical (unpaired) electrons. The van der Waals surface area contributed by atoms with Crippen LogP contribution in [0.3, 0.4) is 0 Å². The summed E-state index contributed by atoms with van der Waals surface area (Å²) >= 11 is 8.59. The third-order valence-corrected chi connectivity index (χ3v) is 18.4. The molecule has 0 amide bonds. The molecule has 1 aliphatic heterocycles. The van der Waals surface area contributed by atoms with Gasteiger partial charge in [-0.05, 0) is 184 Å². The van der Waals surface area contributed by atoms with E-state index in [0.717, 1.165) is 8.95 Å². The predicted octanol–water partition coefficient (Wildman–Crippen LogP) is 18.8. The zero-order valence-corrected chi connectivity index (χ0v) is 46.5. The molecule has 8 aromatic carbocycles. The van der Waals surface area contributed by atoms with E-state index in [9.17, 15) is 0 Å². The summed E-state index contributed by atoms with van der Waals surface area (Å²) in [5.74, 6) is 0.614. The van der Waals surface area contributed by atoms with Crippen molar-refractivity contribution in [1.29, 1.82) is 0 Å². The van der Waals surface area contributed by atoms with Crippen LogP contribution >= 0.6 is 31.9 Å². The number of rotatable bonds is 2. The van der Waals surface area contributed by atoms with Crippen LogP contribution in [-0.4, -0.2) is 6.67 Å². The van der Waals surface area contributed by atoms with Crippen LogP contribution in [0.15, 0.2) is 142 Å². The molecular formula is C67H64Br2N2. The van der Waals surface area contributed by atoms with Crippen LogP contribution in [-0.2, 0) is 21.7 Å². The van der Waals surface area contributed by atoms with E-state index in [4.69, 9.17) is 0 Å². The summed E-state index contributed by atoms with van der Waals surface area (Å²) in [5.41, 5.74) is 28.0. The van der Waals surface area contributed by atoms with Gasteiger partial charge in [0, 0.05) is 38.0 Å². The number of benzene rings is 8. The molecule has 0 saturated carbocycles. The fourth-order valence-electron chi connectivity index (χ4n) is 13.3. The highest BCUT2D eigenvalue weighted by atomic mass is 79.9. The summed E-state index contributed by atoms with van der Waals surface area (Å²) in [6.45, 7) is 28.8. The number of hydrogen-bond acceptors (Lipinski definition) is 2. The summed E-state index contributed by atoms with van der Waals surface area (Å²) < 4.78 is 2.25. The van der Waals surface area contributed by atoms with Crippen molar-refractivity contribution < 1.29 is 0 Å². The lowest BCUT2D eigenvalue weighted by molar-refractivity contribution is 0.583. The maximum Gasteiger partial charge on any atom is 0.100 e. The standard InChI is InChI=1S/C67H64Br2N2/c1-64(2,3)37-21-25-43-45(27-37)60-41-23-19-39(66(7,8)9)29-47(41)62(43)51-33-57(53(68)31-49(51)60)70-35-71(56-18-14-16-36-15-13-17-55(70)59(36)56)58-34-52-50(32-54(58)69)61-42-24-20-40(67(10,11)12)30-48(42)63(52)44-26-22-38(28-46(44)61)65(4,5)6/h13-34,60-63H,35H2,1-12H3. The first-order valence-electron chi connectivity index (χ1n) is 25.9. The van der Waals surface area contributed by atoms with Crippen molar-refractivity contribution in [3.05, 3.63) is 231 Å². The van der Waals surface area contributed by atoms with Crippen molar-refractivity contribution in [2.24, 2.45) is 0 Å². The van der Waals surface area contributed by atoms with Crippen LogP contribution in [0.25, 0.3) is 10.8 Å². The van der Waals surface area contributed by atoms with Crippen LogP contribution in [0.5, 0.6) is 0 Å². The van der Waals surface area contributed by atoms with E-state index >= 15 is 0 Å². The van der Waals surface area contributed by atoms with Crippen molar-refractivity contribution in [1.82, 2.24) is 0 Å². The van der Waals surface area contributed by atoms with Gasteiger partial charge in [0.15, 0.2) is 0 Å². The van der Waals surface area contributed by atoms with Gasteiger partial charge < -0.3 is 9.80 Å². The third kappa shape index (κ3) is 6.68. The number of halogens is 2. The van der Waals surface area contributed by atoms with Crippen LogP contribution in [0.4, 0.5) is 22.7 Å². The highest BCUT2D eigenvalue weighted by Gasteiger charge is 2.46. The van der Waals surface area contributed by atoms with Gasteiger partial charge in [-0.15, -0.1) is 0 Å². The van der Waals surface area contributed by atoms with Crippen molar-refractivity contribution in [3.63, 3.8) is 0 Å². The average molecular weight is 1060 g/mol. The Morgan fingerprint density at radius 3 is 0.901 bits per heavy atom. The Bertz CT molecular complexity index is 3390. The van der Waals surface area contributed by atoms with Gasteiger partial charge in [-0.2, -0.15) is 0 Å². The molecule has 0 spiro atoms. The molecule has 4 heteroatoms. The summed E-state index contributed by atoms with van der Waals surface area (Å²) in [4.78, 5) is 5.18. The molecule has 71 heavy (non-hydrogen) atoms. The quantitative estimate of drug-likeness (QED) is 0.170. The first kappa shape index (κ1) is 45.4. The summed E-state index contributed by atoms with van der Waals surface area (Å²) in [5, 5.41) is 2.52. The smallest absolute Gasteiger partial charge is 0.100 e. The minimum Gasteiger partial charge on any atom is -0.321 e. The van der Waals surface area contributed by atoms with Gasteiger partial charge >= 0.3 is 0 Å². The Balaban J connectivity index is 0.981. The molecule has 4 unspecified atom stereocenters. The lowest BCUT2D eigenvalue weighted by Crippen LogP contribution is -2.37. The number of nitrogens with zero attached hydrogens (tertiary/aromatic N) is 2. The van der Waals surface area contributed by atoms with Gasteiger partial charge in [-0.1, -0.05) is 180 Å². The van der Waals surface area contributed by atoms with Crippen molar-refractivity contribution >= 4 is 65.4 Å². The third-order valence-electron chi connectivity index (χ3n) is 17.2. The minimum atomic E-state index is 0.0457. The molecule has 356 valence electrons. The summed E-state index contributed by atoms with van der Waals surface area (Å²) in [6.07, 6.45) is 0. The molecule has 0 saturated heterocycles. The Hall–Kier alpha value is -5.42. The first-order valence-corrected chi connectivity index (χ1v) is 27.5. The van der Waals surface area contributed by atoms with E-state index < -0.39 is 0 Å². The van der Waals surface area contributed by atoms with E-state index in [2.05, 4.69) is 258 Å². The van der Waals surface area contributed by atoms with E-state index in [-0.39, 0.29) is 45.3 Å². The molecule has 7 aliphatic rings. The van der Waals surface area contributed by atoms with E-state index in [1.54, 1.807) is 0 Å². The SMILES string of the molecule is CC(C)(C)c1ccc2c(c1)C1c3ccc(C(C)(C)C)cc3C2c2cc(N3CN(c4cc5c(cc4Br)C4c6ccc(C(C)(C)C)cc6C5c5ccc(C(C)(C)C)cc54)c4cccc5cccc3c45)c(Br)cc21. The van der Waals surface area contributed by atoms with Crippen molar-refractivity contribution in [2.75, 3.05) is 16.5 Å². The Kier molecular flexibility index (Phi) is 9.65. The number of anilines is 4. The molecule has 4 bridgehead atoms. The van der Waals surface area contributed by atoms with Crippen LogP contribution in [0, 0.1) is 0 Å². The highest BCUT2D eigenvalue weighted by Crippen LogP contribution is 2.61. The van der Waals surface area contributed by atoms with Gasteiger partial charge in [0.1, 0.15) is 6.67 Å². The molecule has 8 aromatic rings. The zero-order chi connectivity index (χ0) is 49.6. The fraction of sp³-hybridized carbons (Fsp3) is 0.313. The summed E-state index contributed by atoms with van der Waals surface area (Å²) in [6, 6.07) is 53.4. The highest BCUT2D eigenvalue weighted by molar-refractivity contribution is 9.11. The second kappa shape index (κ2) is 15.1. The van der Waals surface area contributed by atoms with Crippen molar-refractivity contribution in [3.8, 4) is 0 Å². The average Bonchev–Trinajstić information content (AvgIpc) is 3.32. The van der Waals surface area contributed by atoms with Crippen LogP contribution < -0.4 is 9.80 Å². The Morgan fingerprint density at radius 1 is 0.324 bits per heavy atom. The van der Waals surface area contributed by atoms with E-state index in [0.29, 0.717) is 6.67 Å². The van der Waals surface area contributed by atoms with Crippen LogP contribution in [0.2, 0.25) is 0 Å². The molecule has 0 N–H and O–H groups in total. The lowest BCUT2D eigenvalue weighted by Gasteiger charge is -2.46. The normalized spacial score (nSPS) is 19.3. The minimum absolute atomic E-state index is 0.0457. The number of hydrogen-bond donors (Lipinski definition) is 0. The molecule has 4 atom stereocenters. The second-order valence-electron chi connectivity index (χ2n) is 25.6. The molecule has 1 heterocycles. The molecule has 2 nitrogen and oxygen atoms in total. The maximum absolute atomic E-state index is 4.29. The molecule has 0 aromatic heterocycles. The maximum atomic E-state index is 4.29. The molecule has 6 aliphatic carbocycles. The Morgan fingerprint density at radius 2 is 0.606 bits per heavy atom. The molecule has 0 fully saturated rings. The Labute approximate surface area is 438 Å². The predicted molar refractivity (Wildman–Crippen MR) is 306 cm³/mol. The topological polar surface area (TPSA) is 6.48 Å². The monoisotopic (exact) mass is 1050 g/mol. The largest absolute Gasteiger partial charge is 0.321 e. The van der Waals surface area contributed by atoms with E-state index in [1.807, 2.05) is 0 Å².